The monoisotopic (exact) mass is 347 g/mol. The van der Waals surface area contributed by atoms with E-state index in [0.29, 0.717) is 6.54 Å². The van der Waals surface area contributed by atoms with Gasteiger partial charge in [-0.1, -0.05) is 26.0 Å². The molecule has 0 aromatic heterocycles. The summed E-state index contributed by atoms with van der Waals surface area (Å²) < 4.78 is 5.38. The van der Waals surface area contributed by atoms with Gasteiger partial charge in [0.25, 0.3) is 0 Å². The fraction of sp³-hybridized carbons (Fsp3) is 0.650. The third-order valence-corrected chi connectivity index (χ3v) is 4.78. The number of methoxy groups -OCH3 is 1. The van der Waals surface area contributed by atoms with Gasteiger partial charge in [0.2, 0.25) is 0 Å². The number of benzene rings is 1. The Morgan fingerprint density at radius 1 is 1.24 bits per heavy atom. The molecule has 1 atom stereocenters. The molecular formula is C20H33N3O2. The van der Waals surface area contributed by atoms with Gasteiger partial charge in [-0.05, 0) is 56.5 Å². The number of carbonyl (C=O) groups excluding carboxylic acids is 1. The number of rotatable bonds is 9. The lowest BCUT2D eigenvalue weighted by atomic mass is 10.1. The minimum Gasteiger partial charge on any atom is -0.497 e. The quantitative estimate of drug-likeness (QED) is 0.741. The fourth-order valence-electron chi connectivity index (χ4n) is 3.51. The molecule has 1 aliphatic rings. The smallest absolute Gasteiger partial charge is 0.317 e. The van der Waals surface area contributed by atoms with Crippen LogP contribution in [0.3, 0.4) is 0 Å². The number of hydrogen-bond donors (Lipinski definition) is 1. The lowest BCUT2D eigenvalue weighted by Gasteiger charge is -2.30. The van der Waals surface area contributed by atoms with Crippen LogP contribution in [0.25, 0.3) is 0 Å². The molecule has 1 unspecified atom stereocenters. The highest BCUT2D eigenvalue weighted by Gasteiger charge is 2.25. The van der Waals surface area contributed by atoms with Crippen molar-refractivity contribution in [3.63, 3.8) is 0 Å². The van der Waals surface area contributed by atoms with E-state index in [-0.39, 0.29) is 12.1 Å². The van der Waals surface area contributed by atoms with Crippen LogP contribution in [0.4, 0.5) is 4.79 Å². The van der Waals surface area contributed by atoms with Crippen molar-refractivity contribution in [1.29, 1.82) is 0 Å². The maximum absolute atomic E-state index is 12.6. The normalized spacial score (nSPS) is 15.8. The summed E-state index contributed by atoms with van der Waals surface area (Å²) in [7, 11) is 1.69. The van der Waals surface area contributed by atoms with Crippen molar-refractivity contribution in [2.75, 3.05) is 39.8 Å². The Morgan fingerprint density at radius 2 is 1.92 bits per heavy atom. The Kier molecular flexibility index (Phi) is 8.06. The van der Waals surface area contributed by atoms with Crippen molar-refractivity contribution in [3.05, 3.63) is 29.8 Å². The van der Waals surface area contributed by atoms with Crippen molar-refractivity contribution in [2.24, 2.45) is 0 Å². The maximum Gasteiger partial charge on any atom is 0.317 e. The van der Waals surface area contributed by atoms with Gasteiger partial charge in [0.1, 0.15) is 5.75 Å². The number of nitrogens with one attached hydrogen (secondary N) is 1. The molecule has 5 heteroatoms. The minimum absolute atomic E-state index is 0.0517. The molecule has 2 rings (SSSR count). The Hall–Kier alpha value is -1.75. The number of carbonyl (C=O) groups is 1. The first-order valence-corrected chi connectivity index (χ1v) is 9.60. The van der Waals surface area contributed by atoms with Crippen molar-refractivity contribution in [3.8, 4) is 5.75 Å². The predicted octanol–water partition coefficient (Wildman–Crippen LogP) is 3.66. The van der Waals surface area contributed by atoms with E-state index in [1.807, 2.05) is 17.0 Å². The van der Waals surface area contributed by atoms with Crippen LogP contribution in [0.15, 0.2) is 24.3 Å². The van der Waals surface area contributed by atoms with Crippen LogP contribution in [0.1, 0.15) is 51.1 Å². The average Bonchev–Trinajstić information content (AvgIpc) is 3.16. The van der Waals surface area contributed by atoms with Gasteiger partial charge in [-0.2, -0.15) is 0 Å². The molecule has 25 heavy (non-hydrogen) atoms. The number of nitrogens with zero attached hydrogens (tertiary/aromatic N) is 2. The molecule has 0 bridgehead atoms. The second kappa shape index (κ2) is 10.3. The van der Waals surface area contributed by atoms with E-state index in [1.165, 1.54) is 18.4 Å². The highest BCUT2D eigenvalue weighted by atomic mass is 16.5. The maximum atomic E-state index is 12.6. The third kappa shape index (κ3) is 5.63. The number of likely N-dealkylation sites (tertiary alicyclic amines) is 1. The molecule has 1 saturated heterocycles. The number of hydrogen-bond acceptors (Lipinski definition) is 3. The Labute approximate surface area is 152 Å². The van der Waals surface area contributed by atoms with E-state index in [0.717, 1.165) is 44.8 Å². The highest BCUT2D eigenvalue weighted by molar-refractivity contribution is 5.74. The lowest BCUT2D eigenvalue weighted by Crippen LogP contribution is -2.44. The topological polar surface area (TPSA) is 44.8 Å². The zero-order valence-electron chi connectivity index (χ0n) is 16.0. The van der Waals surface area contributed by atoms with E-state index in [1.54, 1.807) is 7.11 Å². The van der Waals surface area contributed by atoms with Crippen LogP contribution >= 0.6 is 0 Å². The van der Waals surface area contributed by atoms with Crippen molar-refractivity contribution in [1.82, 2.24) is 15.1 Å². The summed E-state index contributed by atoms with van der Waals surface area (Å²) >= 11 is 0. The first kappa shape index (κ1) is 19.6. The second-order valence-electron chi connectivity index (χ2n) is 6.71. The van der Waals surface area contributed by atoms with Crippen LogP contribution in [-0.2, 0) is 0 Å². The first-order valence-electron chi connectivity index (χ1n) is 9.60. The molecule has 1 aromatic rings. The number of ether oxygens (including phenoxy) is 1. The van der Waals surface area contributed by atoms with Crippen LogP contribution in [-0.4, -0.2) is 55.7 Å². The van der Waals surface area contributed by atoms with Crippen molar-refractivity contribution < 1.29 is 9.53 Å². The van der Waals surface area contributed by atoms with Gasteiger partial charge >= 0.3 is 6.03 Å². The molecule has 1 N–H and O–H groups in total. The summed E-state index contributed by atoms with van der Waals surface area (Å²) in [6.07, 6.45) is 4.43. The number of urea groups is 1. The minimum atomic E-state index is 0.0517. The SMILES string of the molecule is CCCN(CCC)C(=O)NCC(c1cccc(OC)c1)N1CCCC1. The number of amides is 2. The van der Waals surface area contributed by atoms with E-state index >= 15 is 0 Å². The summed E-state index contributed by atoms with van der Waals surface area (Å²) in [6, 6.07) is 8.47. The molecule has 5 nitrogen and oxygen atoms in total. The standard InChI is InChI=1S/C20H33N3O2/c1-4-11-23(12-5-2)20(24)21-16-19(22-13-6-7-14-22)17-9-8-10-18(15-17)25-3/h8-10,15,19H,4-7,11-14,16H2,1-3H3,(H,21,24). The zero-order valence-corrected chi connectivity index (χ0v) is 16.0. The Morgan fingerprint density at radius 3 is 2.52 bits per heavy atom. The van der Waals surface area contributed by atoms with Gasteiger partial charge in [-0.15, -0.1) is 0 Å². The average molecular weight is 348 g/mol. The Bertz CT molecular complexity index is 523. The molecule has 0 radical (unpaired) electrons. The van der Waals surface area contributed by atoms with Crippen molar-refractivity contribution in [2.45, 2.75) is 45.6 Å². The van der Waals surface area contributed by atoms with Crippen LogP contribution in [0.2, 0.25) is 0 Å². The van der Waals surface area contributed by atoms with Crippen molar-refractivity contribution >= 4 is 6.03 Å². The summed E-state index contributed by atoms with van der Waals surface area (Å²) in [5.41, 5.74) is 1.21. The van der Waals surface area contributed by atoms with Gasteiger partial charge in [0, 0.05) is 19.6 Å². The molecule has 2 amide bonds. The van der Waals surface area contributed by atoms with E-state index in [2.05, 4.69) is 36.2 Å². The molecule has 1 aromatic carbocycles. The largest absolute Gasteiger partial charge is 0.497 e. The summed E-state index contributed by atoms with van der Waals surface area (Å²) in [5, 5.41) is 3.17. The van der Waals surface area contributed by atoms with Gasteiger partial charge < -0.3 is 15.0 Å². The molecule has 0 aliphatic carbocycles. The summed E-state index contributed by atoms with van der Waals surface area (Å²) in [5.74, 6) is 0.867. The van der Waals surface area contributed by atoms with Gasteiger partial charge in [0.15, 0.2) is 0 Å². The summed E-state index contributed by atoms with van der Waals surface area (Å²) in [4.78, 5) is 17.0. The van der Waals surface area contributed by atoms with Gasteiger partial charge in [0.05, 0.1) is 13.2 Å². The summed E-state index contributed by atoms with van der Waals surface area (Å²) in [6.45, 7) is 8.66. The lowest BCUT2D eigenvalue weighted by molar-refractivity contribution is 0.187. The predicted molar refractivity (Wildman–Crippen MR) is 102 cm³/mol. The zero-order chi connectivity index (χ0) is 18.1. The molecule has 1 fully saturated rings. The van der Waals surface area contributed by atoms with E-state index in [4.69, 9.17) is 4.74 Å². The van der Waals surface area contributed by atoms with E-state index in [9.17, 15) is 4.79 Å². The van der Waals surface area contributed by atoms with Gasteiger partial charge in [-0.3, -0.25) is 4.90 Å². The molecular weight excluding hydrogens is 314 g/mol. The van der Waals surface area contributed by atoms with E-state index < -0.39 is 0 Å². The molecule has 0 saturated carbocycles. The highest BCUT2D eigenvalue weighted by Crippen LogP contribution is 2.27. The molecule has 140 valence electrons. The van der Waals surface area contributed by atoms with Crippen LogP contribution in [0, 0.1) is 0 Å². The fourth-order valence-corrected chi connectivity index (χ4v) is 3.51. The third-order valence-electron chi connectivity index (χ3n) is 4.78. The molecule has 1 heterocycles. The molecule has 1 aliphatic heterocycles. The Balaban J connectivity index is 2.06. The molecule has 0 spiro atoms. The van der Waals surface area contributed by atoms with Crippen LogP contribution in [0.5, 0.6) is 5.75 Å². The first-order chi connectivity index (χ1) is 12.2. The van der Waals surface area contributed by atoms with Crippen LogP contribution < -0.4 is 10.1 Å². The second-order valence-corrected chi connectivity index (χ2v) is 6.71. The van der Waals surface area contributed by atoms with Gasteiger partial charge in [-0.25, -0.2) is 4.79 Å².